The largest absolute Gasteiger partial charge is 0.468 e. The van der Waals surface area contributed by atoms with E-state index in [9.17, 15) is 13.2 Å². The normalized spacial score (nSPS) is 20.4. The predicted molar refractivity (Wildman–Crippen MR) is 81.6 cm³/mol. The summed E-state index contributed by atoms with van der Waals surface area (Å²) < 4.78 is 30.5. The average molecular weight is 317 g/mol. The lowest BCUT2D eigenvalue weighted by molar-refractivity contribution is -0.140. The highest BCUT2D eigenvalue weighted by molar-refractivity contribution is 7.89. The molecule has 22 heavy (non-hydrogen) atoms. The van der Waals surface area contributed by atoms with Gasteiger partial charge in [0.05, 0.1) is 12.0 Å². The summed E-state index contributed by atoms with van der Waals surface area (Å²) in [6, 6.07) is 15.7. The van der Waals surface area contributed by atoms with Crippen LogP contribution in [0.3, 0.4) is 0 Å². The topological polar surface area (TPSA) is 63.5 Å². The molecule has 0 N–H and O–H groups in total. The van der Waals surface area contributed by atoms with Gasteiger partial charge in [-0.2, -0.15) is 4.31 Å². The van der Waals surface area contributed by atoms with Crippen molar-refractivity contribution in [3.05, 3.63) is 54.6 Å². The number of hydrogen-bond acceptors (Lipinski definition) is 4. The Bertz CT molecular complexity index is 785. The minimum absolute atomic E-state index is 0.176. The fourth-order valence-corrected chi connectivity index (χ4v) is 3.81. The Labute approximate surface area is 129 Å². The molecule has 0 amide bonds. The van der Waals surface area contributed by atoms with Crippen molar-refractivity contribution >= 4 is 16.0 Å². The predicted octanol–water partition coefficient (Wildman–Crippen LogP) is 1.90. The van der Waals surface area contributed by atoms with Crippen molar-refractivity contribution in [2.45, 2.75) is 10.9 Å². The van der Waals surface area contributed by atoms with Crippen LogP contribution >= 0.6 is 0 Å². The number of rotatable bonds is 4. The molecule has 2 aromatic rings. The van der Waals surface area contributed by atoms with Crippen molar-refractivity contribution < 1.29 is 17.9 Å². The van der Waals surface area contributed by atoms with Crippen molar-refractivity contribution in [2.75, 3.05) is 13.7 Å². The second-order valence-corrected chi connectivity index (χ2v) is 6.89. The van der Waals surface area contributed by atoms with E-state index in [2.05, 4.69) is 4.74 Å². The second kappa shape index (κ2) is 5.55. The van der Waals surface area contributed by atoms with E-state index in [1.807, 2.05) is 30.3 Å². The SMILES string of the molecule is COC(=O)C1CN1S(=O)(=O)c1ccc(-c2ccccc2)cc1. The molecule has 1 saturated heterocycles. The highest BCUT2D eigenvalue weighted by Crippen LogP contribution is 2.30. The molecule has 3 rings (SSSR count). The first kappa shape index (κ1) is 14.7. The molecular weight excluding hydrogens is 302 g/mol. The van der Waals surface area contributed by atoms with Gasteiger partial charge in [0, 0.05) is 6.54 Å². The van der Waals surface area contributed by atoms with E-state index in [0.29, 0.717) is 0 Å². The fourth-order valence-electron chi connectivity index (χ4n) is 2.30. The molecule has 5 nitrogen and oxygen atoms in total. The first-order valence-corrected chi connectivity index (χ1v) is 8.23. The summed E-state index contributed by atoms with van der Waals surface area (Å²) in [6.07, 6.45) is 0. The number of carbonyl (C=O) groups excluding carboxylic acids is 1. The Morgan fingerprint density at radius 1 is 1.05 bits per heavy atom. The Morgan fingerprint density at radius 2 is 1.64 bits per heavy atom. The third-order valence-corrected chi connectivity index (χ3v) is 5.50. The lowest BCUT2D eigenvalue weighted by Crippen LogP contribution is -2.20. The maximum Gasteiger partial charge on any atom is 0.325 e. The van der Waals surface area contributed by atoms with E-state index in [-0.39, 0.29) is 11.4 Å². The highest BCUT2D eigenvalue weighted by atomic mass is 32.2. The van der Waals surface area contributed by atoms with Crippen LogP contribution in [-0.2, 0) is 19.6 Å². The standard InChI is InChI=1S/C16H15NO4S/c1-21-16(18)15-11-17(15)22(19,20)14-9-7-13(8-10-14)12-5-3-2-4-6-12/h2-10,15H,11H2,1H3. The van der Waals surface area contributed by atoms with E-state index in [1.165, 1.54) is 7.11 Å². The summed E-state index contributed by atoms with van der Waals surface area (Å²) in [6.45, 7) is 0.176. The van der Waals surface area contributed by atoms with E-state index >= 15 is 0 Å². The Hall–Kier alpha value is -2.18. The van der Waals surface area contributed by atoms with Crippen LogP contribution in [-0.4, -0.2) is 38.4 Å². The molecule has 0 bridgehead atoms. The number of benzene rings is 2. The maximum atomic E-state index is 12.4. The first-order valence-electron chi connectivity index (χ1n) is 6.79. The smallest absolute Gasteiger partial charge is 0.325 e. The van der Waals surface area contributed by atoms with Crippen LogP contribution in [0.4, 0.5) is 0 Å². The quantitative estimate of drug-likeness (QED) is 0.638. The minimum Gasteiger partial charge on any atom is -0.468 e. The van der Waals surface area contributed by atoms with Gasteiger partial charge < -0.3 is 4.74 Å². The maximum absolute atomic E-state index is 12.4. The molecule has 114 valence electrons. The van der Waals surface area contributed by atoms with E-state index in [0.717, 1.165) is 15.4 Å². The lowest BCUT2D eigenvalue weighted by atomic mass is 10.1. The van der Waals surface area contributed by atoms with Gasteiger partial charge in [-0.05, 0) is 23.3 Å². The van der Waals surface area contributed by atoms with Crippen molar-refractivity contribution in [1.82, 2.24) is 4.31 Å². The molecule has 0 spiro atoms. The first-order chi connectivity index (χ1) is 10.5. The number of methoxy groups -OCH3 is 1. The number of nitrogens with zero attached hydrogens (tertiary/aromatic N) is 1. The minimum atomic E-state index is -3.64. The number of esters is 1. The fraction of sp³-hybridized carbons (Fsp3) is 0.188. The van der Waals surface area contributed by atoms with Gasteiger partial charge in [0.1, 0.15) is 6.04 Å². The van der Waals surface area contributed by atoms with Gasteiger partial charge in [-0.3, -0.25) is 4.79 Å². The van der Waals surface area contributed by atoms with Crippen molar-refractivity contribution in [3.8, 4) is 11.1 Å². The molecule has 0 aliphatic carbocycles. The molecule has 2 aromatic carbocycles. The molecule has 1 fully saturated rings. The third-order valence-electron chi connectivity index (χ3n) is 3.61. The van der Waals surface area contributed by atoms with Crippen LogP contribution in [0.5, 0.6) is 0 Å². The van der Waals surface area contributed by atoms with Gasteiger partial charge in [0.25, 0.3) is 0 Å². The van der Waals surface area contributed by atoms with Gasteiger partial charge in [0.2, 0.25) is 10.0 Å². The monoisotopic (exact) mass is 317 g/mol. The second-order valence-electron chi connectivity index (χ2n) is 5.00. The molecule has 2 atom stereocenters. The molecule has 1 aliphatic rings. The van der Waals surface area contributed by atoms with Gasteiger partial charge in [0.15, 0.2) is 0 Å². The molecular formula is C16H15NO4S. The third kappa shape index (κ3) is 2.63. The van der Waals surface area contributed by atoms with Gasteiger partial charge in [-0.1, -0.05) is 42.5 Å². The summed E-state index contributed by atoms with van der Waals surface area (Å²) in [5.41, 5.74) is 1.96. The summed E-state index contributed by atoms with van der Waals surface area (Å²) in [4.78, 5) is 11.6. The van der Waals surface area contributed by atoms with Gasteiger partial charge >= 0.3 is 5.97 Å². The number of hydrogen-bond donors (Lipinski definition) is 0. The zero-order valence-electron chi connectivity index (χ0n) is 12.0. The van der Waals surface area contributed by atoms with E-state index < -0.39 is 22.0 Å². The van der Waals surface area contributed by atoms with E-state index in [4.69, 9.17) is 0 Å². The van der Waals surface area contributed by atoms with E-state index in [1.54, 1.807) is 24.3 Å². The summed E-state index contributed by atoms with van der Waals surface area (Å²) in [5.74, 6) is -0.524. The van der Waals surface area contributed by atoms with Crippen molar-refractivity contribution in [1.29, 1.82) is 0 Å². The average Bonchev–Trinajstić information content (AvgIpc) is 3.36. The van der Waals surface area contributed by atoms with Crippen LogP contribution in [0.15, 0.2) is 59.5 Å². The molecule has 0 radical (unpaired) electrons. The Kier molecular flexibility index (Phi) is 3.72. The zero-order chi connectivity index (χ0) is 15.7. The molecule has 1 aliphatic heterocycles. The van der Waals surface area contributed by atoms with Crippen molar-refractivity contribution in [3.63, 3.8) is 0 Å². The number of carbonyl (C=O) groups is 1. The number of sulfonamides is 1. The molecule has 0 saturated carbocycles. The number of ether oxygens (including phenoxy) is 1. The van der Waals surface area contributed by atoms with Crippen LogP contribution < -0.4 is 0 Å². The van der Waals surface area contributed by atoms with Gasteiger partial charge in [-0.15, -0.1) is 0 Å². The summed E-state index contributed by atoms with van der Waals surface area (Å²) >= 11 is 0. The van der Waals surface area contributed by atoms with Crippen LogP contribution in [0.25, 0.3) is 11.1 Å². The van der Waals surface area contributed by atoms with Crippen LogP contribution in [0.2, 0.25) is 0 Å². The van der Waals surface area contributed by atoms with Gasteiger partial charge in [-0.25, -0.2) is 8.42 Å². The zero-order valence-corrected chi connectivity index (χ0v) is 12.8. The molecule has 1 heterocycles. The highest BCUT2D eigenvalue weighted by Gasteiger charge is 2.50. The van der Waals surface area contributed by atoms with Crippen LogP contribution in [0.1, 0.15) is 0 Å². The molecule has 2 unspecified atom stereocenters. The lowest BCUT2D eigenvalue weighted by Gasteiger charge is -2.07. The molecule has 0 aromatic heterocycles. The Balaban J connectivity index is 1.83. The molecule has 6 heteroatoms. The summed E-state index contributed by atoms with van der Waals surface area (Å²) in [7, 11) is -2.39. The van der Waals surface area contributed by atoms with Crippen LogP contribution in [0, 0.1) is 0 Å². The van der Waals surface area contributed by atoms with Crippen molar-refractivity contribution in [2.24, 2.45) is 0 Å². The Morgan fingerprint density at radius 3 is 2.23 bits per heavy atom. The summed E-state index contributed by atoms with van der Waals surface area (Å²) in [5, 5.41) is 0.